The largest absolute Gasteiger partial charge is 0.489 e. The number of hydrogen-bond acceptors (Lipinski definition) is 7. The summed E-state index contributed by atoms with van der Waals surface area (Å²) in [6, 6.07) is 21.8. The van der Waals surface area contributed by atoms with Crippen molar-refractivity contribution in [2.24, 2.45) is 0 Å². The number of hydrogen-bond donors (Lipinski definition) is 1. The van der Waals surface area contributed by atoms with Crippen LogP contribution in [-0.2, 0) is 21.9 Å². The molecule has 3 aromatic carbocycles. The Labute approximate surface area is 236 Å². The van der Waals surface area contributed by atoms with Crippen molar-refractivity contribution in [1.82, 2.24) is 14.8 Å². The van der Waals surface area contributed by atoms with Crippen LogP contribution in [0.3, 0.4) is 0 Å². The zero-order valence-corrected chi connectivity index (χ0v) is 23.1. The first kappa shape index (κ1) is 27.2. The zero-order chi connectivity index (χ0) is 28.1. The van der Waals surface area contributed by atoms with Crippen LogP contribution >= 0.6 is 11.8 Å². The van der Waals surface area contributed by atoms with E-state index in [0.717, 1.165) is 11.1 Å². The lowest BCUT2D eigenvalue weighted by atomic mass is 9.96. The number of anilines is 1. The van der Waals surface area contributed by atoms with Crippen molar-refractivity contribution in [1.29, 1.82) is 0 Å². The SMILES string of the molecule is C=CCOC(=O)C1=C(C)Nc2nc(SCc3ccccc3F)nn2C1c1ccc(OCc2ccc(C)cc2)cc1. The Balaban J connectivity index is 1.41. The first-order valence-electron chi connectivity index (χ1n) is 12.8. The van der Waals surface area contributed by atoms with Crippen LogP contribution in [0.25, 0.3) is 0 Å². The molecule has 1 aliphatic rings. The molecule has 1 aromatic heterocycles. The fraction of sp³-hybridized carbons (Fsp3) is 0.194. The molecule has 1 atom stereocenters. The molecule has 9 heteroatoms. The predicted octanol–water partition coefficient (Wildman–Crippen LogP) is 6.62. The number of ether oxygens (including phenoxy) is 2. The van der Waals surface area contributed by atoms with Gasteiger partial charge >= 0.3 is 5.97 Å². The number of halogens is 1. The van der Waals surface area contributed by atoms with E-state index in [1.807, 2.05) is 43.3 Å². The highest BCUT2D eigenvalue weighted by atomic mass is 32.2. The maximum atomic E-state index is 14.1. The van der Waals surface area contributed by atoms with Gasteiger partial charge in [-0.05, 0) is 48.7 Å². The maximum absolute atomic E-state index is 14.1. The summed E-state index contributed by atoms with van der Waals surface area (Å²) in [6.07, 6.45) is 1.53. The molecule has 204 valence electrons. The van der Waals surface area contributed by atoms with Gasteiger partial charge in [-0.15, -0.1) is 5.10 Å². The molecule has 1 N–H and O–H groups in total. The Morgan fingerprint density at radius 1 is 1.10 bits per heavy atom. The van der Waals surface area contributed by atoms with Crippen LogP contribution in [0.4, 0.5) is 10.3 Å². The molecular weight excluding hydrogens is 527 g/mol. The lowest BCUT2D eigenvalue weighted by molar-refractivity contribution is -0.138. The second-order valence-electron chi connectivity index (χ2n) is 9.34. The number of benzene rings is 3. The van der Waals surface area contributed by atoms with E-state index in [1.165, 1.54) is 29.5 Å². The highest BCUT2D eigenvalue weighted by molar-refractivity contribution is 7.98. The van der Waals surface area contributed by atoms with Gasteiger partial charge in [0.05, 0.1) is 5.57 Å². The smallest absolute Gasteiger partial charge is 0.338 e. The van der Waals surface area contributed by atoms with Gasteiger partial charge in [-0.3, -0.25) is 0 Å². The fourth-order valence-corrected chi connectivity index (χ4v) is 5.15. The predicted molar refractivity (Wildman–Crippen MR) is 154 cm³/mol. The van der Waals surface area contributed by atoms with Crippen molar-refractivity contribution in [3.8, 4) is 5.75 Å². The van der Waals surface area contributed by atoms with Crippen LogP contribution in [0.5, 0.6) is 5.75 Å². The fourth-order valence-electron chi connectivity index (χ4n) is 4.33. The Morgan fingerprint density at radius 3 is 2.58 bits per heavy atom. The highest BCUT2D eigenvalue weighted by Gasteiger charge is 2.35. The van der Waals surface area contributed by atoms with Crippen LogP contribution in [0.15, 0.2) is 102 Å². The summed E-state index contributed by atoms with van der Waals surface area (Å²) in [5.74, 6) is 0.808. The van der Waals surface area contributed by atoms with Gasteiger partial charge < -0.3 is 14.8 Å². The van der Waals surface area contributed by atoms with Gasteiger partial charge in [-0.1, -0.05) is 84.6 Å². The van der Waals surface area contributed by atoms with E-state index >= 15 is 0 Å². The van der Waals surface area contributed by atoms with Gasteiger partial charge in [-0.2, -0.15) is 4.98 Å². The Hall–Kier alpha value is -4.37. The number of carbonyl (C=O) groups excluding carboxylic acids is 1. The zero-order valence-electron chi connectivity index (χ0n) is 22.3. The Kier molecular flexibility index (Phi) is 8.31. The molecule has 2 heterocycles. The summed E-state index contributed by atoms with van der Waals surface area (Å²) >= 11 is 1.32. The van der Waals surface area contributed by atoms with E-state index in [9.17, 15) is 9.18 Å². The van der Waals surface area contributed by atoms with E-state index in [1.54, 1.807) is 29.8 Å². The molecule has 4 aromatic rings. The number of aryl methyl sites for hydroxylation is 1. The van der Waals surface area contributed by atoms with Crippen LogP contribution < -0.4 is 10.1 Å². The molecule has 0 fully saturated rings. The maximum Gasteiger partial charge on any atom is 0.338 e. The number of allylic oxidation sites excluding steroid dienone is 1. The van der Waals surface area contributed by atoms with Crippen LogP contribution in [0.2, 0.25) is 0 Å². The van der Waals surface area contributed by atoms with Crippen LogP contribution in [0.1, 0.15) is 35.2 Å². The number of esters is 1. The molecule has 0 amide bonds. The molecule has 0 saturated carbocycles. The molecular formula is C31H29FN4O3S. The van der Waals surface area contributed by atoms with E-state index in [-0.39, 0.29) is 12.4 Å². The van der Waals surface area contributed by atoms with E-state index in [4.69, 9.17) is 14.6 Å². The summed E-state index contributed by atoms with van der Waals surface area (Å²) < 4.78 is 27.2. The van der Waals surface area contributed by atoms with Crippen molar-refractivity contribution in [2.45, 2.75) is 37.4 Å². The minimum atomic E-state index is -0.588. The van der Waals surface area contributed by atoms with Gasteiger partial charge in [0.2, 0.25) is 11.1 Å². The molecule has 0 aliphatic carbocycles. The summed E-state index contributed by atoms with van der Waals surface area (Å²) in [4.78, 5) is 17.8. The number of thioether (sulfide) groups is 1. The molecule has 0 radical (unpaired) electrons. The van der Waals surface area contributed by atoms with Gasteiger partial charge in [0.1, 0.15) is 30.8 Å². The highest BCUT2D eigenvalue weighted by Crippen LogP contribution is 2.37. The second-order valence-corrected chi connectivity index (χ2v) is 10.3. The van der Waals surface area contributed by atoms with Gasteiger partial charge in [-0.25, -0.2) is 13.9 Å². The molecule has 0 bridgehead atoms. The van der Waals surface area contributed by atoms with E-state index in [0.29, 0.717) is 46.0 Å². The summed E-state index contributed by atoms with van der Waals surface area (Å²) in [5, 5.41) is 8.34. The lowest BCUT2D eigenvalue weighted by Gasteiger charge is -2.28. The third kappa shape index (κ3) is 6.10. The number of aromatic nitrogens is 3. The van der Waals surface area contributed by atoms with Gasteiger partial charge in [0.25, 0.3) is 0 Å². The minimum absolute atomic E-state index is 0.0854. The number of fused-ring (bicyclic) bond motifs is 1. The quantitative estimate of drug-likeness (QED) is 0.134. The van der Waals surface area contributed by atoms with Crippen molar-refractivity contribution >= 4 is 23.7 Å². The van der Waals surface area contributed by atoms with Gasteiger partial charge in [0.15, 0.2) is 0 Å². The van der Waals surface area contributed by atoms with Crippen molar-refractivity contribution in [2.75, 3.05) is 11.9 Å². The van der Waals surface area contributed by atoms with Crippen LogP contribution in [0, 0.1) is 12.7 Å². The van der Waals surface area contributed by atoms with Crippen molar-refractivity contribution in [3.05, 3.63) is 125 Å². The first-order chi connectivity index (χ1) is 19.4. The number of nitrogens with one attached hydrogen (secondary N) is 1. The average molecular weight is 557 g/mol. The van der Waals surface area contributed by atoms with E-state index < -0.39 is 12.0 Å². The van der Waals surface area contributed by atoms with Gasteiger partial charge in [0, 0.05) is 11.4 Å². The first-order valence-corrected chi connectivity index (χ1v) is 13.8. The Bertz CT molecular complexity index is 1550. The number of nitrogens with zero attached hydrogens (tertiary/aromatic N) is 3. The summed E-state index contributed by atoms with van der Waals surface area (Å²) in [7, 11) is 0. The molecule has 1 unspecified atom stereocenters. The monoisotopic (exact) mass is 556 g/mol. The van der Waals surface area contributed by atoms with Crippen molar-refractivity contribution in [3.63, 3.8) is 0 Å². The minimum Gasteiger partial charge on any atom is -0.489 e. The molecule has 7 nitrogen and oxygen atoms in total. The molecule has 0 spiro atoms. The third-order valence-electron chi connectivity index (χ3n) is 6.42. The molecule has 40 heavy (non-hydrogen) atoms. The van der Waals surface area contributed by atoms with Crippen molar-refractivity contribution < 1.29 is 18.7 Å². The number of carbonyl (C=O) groups is 1. The average Bonchev–Trinajstić information content (AvgIpc) is 3.37. The normalized spacial score (nSPS) is 14.3. The van der Waals surface area contributed by atoms with E-state index in [2.05, 4.69) is 29.0 Å². The standard InChI is InChI=1S/C31H29FN4O3S/c1-4-17-38-29(37)27-21(3)33-30-34-31(40-19-24-7-5-6-8-26(24)32)35-36(30)28(27)23-13-15-25(16-14-23)39-18-22-11-9-20(2)10-12-22/h4-16,28H,1,17-19H2,2-3H3,(H,33,34,35). The molecule has 1 aliphatic heterocycles. The number of rotatable bonds is 10. The molecule has 5 rings (SSSR count). The molecule has 0 saturated heterocycles. The van der Waals surface area contributed by atoms with Crippen LogP contribution in [-0.4, -0.2) is 27.3 Å². The second kappa shape index (κ2) is 12.2. The lowest BCUT2D eigenvalue weighted by Crippen LogP contribution is -2.29. The summed E-state index contributed by atoms with van der Waals surface area (Å²) in [5.41, 5.74) is 4.68. The summed E-state index contributed by atoms with van der Waals surface area (Å²) in [6.45, 7) is 8.02. The third-order valence-corrected chi connectivity index (χ3v) is 7.31. The Morgan fingerprint density at radius 2 is 1.85 bits per heavy atom. The topological polar surface area (TPSA) is 78.3 Å².